The minimum absolute atomic E-state index is 0.0105. The van der Waals surface area contributed by atoms with Crippen molar-refractivity contribution in [1.82, 2.24) is 24.4 Å². The van der Waals surface area contributed by atoms with Crippen LogP contribution in [0.2, 0.25) is 0 Å². The Labute approximate surface area is 211 Å². The molecule has 12 heteroatoms. The Morgan fingerprint density at radius 3 is 2.57 bits per heavy atom. The Morgan fingerprint density at radius 1 is 1.22 bits per heavy atom. The molecule has 3 aromatic rings. The smallest absolute Gasteiger partial charge is 0.419 e. The number of ether oxygens (including phenoxy) is 1. The van der Waals surface area contributed by atoms with Crippen molar-refractivity contribution in [3.05, 3.63) is 52.0 Å². The van der Waals surface area contributed by atoms with Gasteiger partial charge in [-0.25, -0.2) is 15.0 Å². The Balaban J connectivity index is 1.53. The number of anilines is 1. The standard InChI is InChI=1S/C25H26F3N7O2/c1-4-16-11-35-17(12-34(16)18(5-2)23-30-9-14(10-31-23)25(26,27)28)13-37-22-21(35)20-19(33(3)24(22)36)7-6-15(8-29)32-20/h6-7,9-10,16-18H,4-5,11-13H2,1-3H3/t16-,17+,18+/m1/s1. The van der Waals surface area contributed by atoms with Gasteiger partial charge in [0, 0.05) is 38.6 Å². The molecule has 37 heavy (non-hydrogen) atoms. The van der Waals surface area contributed by atoms with E-state index < -0.39 is 11.7 Å². The quantitative estimate of drug-likeness (QED) is 0.523. The molecule has 0 unspecified atom stereocenters. The van der Waals surface area contributed by atoms with Gasteiger partial charge in [-0.2, -0.15) is 18.4 Å². The second-order valence-corrected chi connectivity index (χ2v) is 9.35. The molecule has 0 radical (unpaired) electrons. The van der Waals surface area contributed by atoms with Crippen LogP contribution < -0.4 is 15.2 Å². The number of fused-ring (bicyclic) bond motifs is 5. The maximum Gasteiger partial charge on any atom is 0.419 e. The summed E-state index contributed by atoms with van der Waals surface area (Å²) in [5.41, 5.74) is 0.815. The Morgan fingerprint density at radius 2 is 1.95 bits per heavy atom. The fourth-order valence-electron chi connectivity index (χ4n) is 5.36. The van der Waals surface area contributed by atoms with Crippen LogP contribution in [0.5, 0.6) is 5.75 Å². The molecular weight excluding hydrogens is 487 g/mol. The zero-order valence-corrected chi connectivity index (χ0v) is 20.7. The summed E-state index contributed by atoms with van der Waals surface area (Å²) < 4.78 is 46.6. The van der Waals surface area contributed by atoms with Crippen LogP contribution in [-0.4, -0.2) is 56.2 Å². The zero-order valence-electron chi connectivity index (χ0n) is 20.7. The molecule has 2 aliphatic rings. The Bertz CT molecular complexity index is 1430. The van der Waals surface area contributed by atoms with Crippen molar-refractivity contribution in [2.24, 2.45) is 7.05 Å². The van der Waals surface area contributed by atoms with Crippen molar-refractivity contribution in [2.75, 3.05) is 24.6 Å². The lowest BCUT2D eigenvalue weighted by molar-refractivity contribution is -0.138. The molecule has 0 N–H and O–H groups in total. The average molecular weight is 514 g/mol. The monoisotopic (exact) mass is 513 g/mol. The second-order valence-electron chi connectivity index (χ2n) is 9.35. The summed E-state index contributed by atoms with van der Waals surface area (Å²) in [5.74, 6) is 0.564. The van der Waals surface area contributed by atoms with E-state index in [0.29, 0.717) is 42.1 Å². The van der Waals surface area contributed by atoms with E-state index in [1.807, 2.05) is 13.8 Å². The molecule has 9 nitrogen and oxygen atoms in total. The number of aromatic nitrogens is 4. The van der Waals surface area contributed by atoms with Crippen molar-refractivity contribution < 1.29 is 17.9 Å². The summed E-state index contributed by atoms with van der Waals surface area (Å²) >= 11 is 0. The molecule has 194 valence electrons. The van der Waals surface area contributed by atoms with Gasteiger partial charge in [0.05, 0.1) is 23.2 Å². The number of nitrogens with zero attached hydrogens (tertiary/aromatic N) is 7. The lowest BCUT2D eigenvalue weighted by Crippen LogP contribution is -2.62. The van der Waals surface area contributed by atoms with E-state index in [4.69, 9.17) is 4.74 Å². The molecule has 5 heterocycles. The first-order chi connectivity index (χ1) is 17.7. The molecule has 1 saturated heterocycles. The molecule has 0 bridgehead atoms. The van der Waals surface area contributed by atoms with Gasteiger partial charge in [-0.15, -0.1) is 0 Å². The van der Waals surface area contributed by atoms with Crippen LogP contribution in [0.1, 0.15) is 49.8 Å². The molecule has 0 spiro atoms. The van der Waals surface area contributed by atoms with E-state index in [0.717, 1.165) is 18.8 Å². The zero-order chi connectivity index (χ0) is 26.5. The van der Waals surface area contributed by atoms with Crippen molar-refractivity contribution in [3.8, 4) is 11.8 Å². The highest BCUT2D eigenvalue weighted by molar-refractivity contribution is 5.93. The molecule has 2 aliphatic heterocycles. The van der Waals surface area contributed by atoms with Crippen molar-refractivity contribution in [1.29, 1.82) is 5.26 Å². The predicted molar refractivity (Wildman–Crippen MR) is 129 cm³/mol. The summed E-state index contributed by atoms with van der Waals surface area (Å²) in [7, 11) is 1.65. The molecule has 0 amide bonds. The highest BCUT2D eigenvalue weighted by Crippen LogP contribution is 2.41. The van der Waals surface area contributed by atoms with Crippen LogP contribution in [-0.2, 0) is 13.2 Å². The number of hydrogen-bond acceptors (Lipinski definition) is 8. The highest BCUT2D eigenvalue weighted by Gasteiger charge is 2.42. The van der Waals surface area contributed by atoms with E-state index in [-0.39, 0.29) is 41.7 Å². The largest absolute Gasteiger partial charge is 0.484 e. The van der Waals surface area contributed by atoms with E-state index in [9.17, 15) is 23.2 Å². The summed E-state index contributed by atoms with van der Waals surface area (Å²) in [5, 5.41) is 9.42. The molecule has 0 saturated carbocycles. The molecule has 3 aromatic heterocycles. The van der Waals surface area contributed by atoms with Gasteiger partial charge in [-0.1, -0.05) is 13.8 Å². The van der Waals surface area contributed by atoms with Gasteiger partial charge in [-0.3, -0.25) is 9.69 Å². The number of halogens is 3. The van der Waals surface area contributed by atoms with Crippen molar-refractivity contribution in [3.63, 3.8) is 0 Å². The number of aryl methyl sites for hydroxylation is 1. The van der Waals surface area contributed by atoms with Gasteiger partial charge >= 0.3 is 6.18 Å². The summed E-state index contributed by atoms with van der Waals surface area (Å²) in [4.78, 5) is 30.2. The lowest BCUT2D eigenvalue weighted by Gasteiger charge is -2.51. The second kappa shape index (κ2) is 9.30. The number of pyridine rings is 2. The SMILES string of the molecule is CC[C@@H]1CN2c3c(c(=O)n(C)c4ccc(C#N)nc34)OC[C@@H]2CN1[C@@H](CC)c1ncc(C(F)(F)F)cn1. The highest BCUT2D eigenvalue weighted by atomic mass is 19.4. The van der Waals surface area contributed by atoms with Gasteiger partial charge in [0.2, 0.25) is 5.75 Å². The first-order valence-electron chi connectivity index (χ1n) is 12.2. The third-order valence-electron chi connectivity index (χ3n) is 7.29. The van der Waals surface area contributed by atoms with E-state index >= 15 is 0 Å². The normalized spacial score (nSPS) is 20.6. The van der Waals surface area contributed by atoms with Gasteiger partial charge < -0.3 is 14.2 Å². The van der Waals surface area contributed by atoms with Gasteiger partial charge in [0.25, 0.3) is 5.56 Å². The Hall–Kier alpha value is -3.72. The van der Waals surface area contributed by atoms with Crippen molar-refractivity contribution >= 4 is 16.7 Å². The molecule has 3 atom stereocenters. The number of hydrogen-bond donors (Lipinski definition) is 0. The van der Waals surface area contributed by atoms with Crippen LogP contribution >= 0.6 is 0 Å². The fraction of sp³-hybridized carbons (Fsp3) is 0.480. The number of rotatable bonds is 4. The predicted octanol–water partition coefficient (Wildman–Crippen LogP) is 3.43. The Kier molecular flexibility index (Phi) is 6.27. The van der Waals surface area contributed by atoms with Crippen molar-refractivity contribution in [2.45, 2.75) is 51.0 Å². The molecule has 5 rings (SSSR count). The maximum absolute atomic E-state index is 13.1. The third-order valence-corrected chi connectivity index (χ3v) is 7.29. The van der Waals surface area contributed by atoms with Crippen LogP contribution in [0.3, 0.4) is 0 Å². The average Bonchev–Trinajstić information content (AvgIpc) is 2.90. The number of alkyl halides is 3. The fourth-order valence-corrected chi connectivity index (χ4v) is 5.36. The van der Waals surface area contributed by atoms with Gasteiger partial charge in [0.1, 0.15) is 35.4 Å². The first-order valence-corrected chi connectivity index (χ1v) is 12.2. The molecule has 0 aliphatic carbocycles. The van der Waals surface area contributed by atoms with Crippen LogP contribution in [0.15, 0.2) is 29.3 Å². The van der Waals surface area contributed by atoms with E-state index in [1.165, 1.54) is 4.57 Å². The minimum Gasteiger partial charge on any atom is -0.484 e. The van der Waals surface area contributed by atoms with Gasteiger partial charge in [0.15, 0.2) is 0 Å². The molecule has 0 aromatic carbocycles. The number of piperazine rings is 1. The lowest BCUT2D eigenvalue weighted by atomic mass is 9.98. The van der Waals surface area contributed by atoms with E-state index in [2.05, 4.69) is 30.8 Å². The maximum atomic E-state index is 13.1. The summed E-state index contributed by atoms with van der Waals surface area (Å²) in [6, 6.07) is 4.96. The number of nitriles is 1. The minimum atomic E-state index is -4.50. The van der Waals surface area contributed by atoms with Crippen LogP contribution in [0, 0.1) is 11.3 Å². The van der Waals surface area contributed by atoms with Gasteiger partial charge in [-0.05, 0) is 25.0 Å². The summed E-state index contributed by atoms with van der Waals surface area (Å²) in [6.45, 7) is 5.36. The molecular formula is C25H26F3N7O2. The third kappa shape index (κ3) is 4.17. The first kappa shape index (κ1) is 25.0. The topological polar surface area (TPSA) is 100 Å². The molecule has 1 fully saturated rings. The van der Waals surface area contributed by atoms with Crippen LogP contribution in [0.4, 0.5) is 18.9 Å². The summed E-state index contributed by atoms with van der Waals surface area (Å²) in [6.07, 6.45) is -1.45. The van der Waals surface area contributed by atoms with E-state index in [1.54, 1.807) is 19.2 Å². The van der Waals surface area contributed by atoms with Crippen LogP contribution in [0.25, 0.3) is 11.0 Å².